The standard InChI is InChI=1S/C19H19N3O3S/c1-25-11-8-6-10(7-9-11)14-15-12(4-3-5-13(15)23)20-17-16(14)18(24)22-19(21-17)26-2/h6-9,14H,3-5H2,1-2H3,(H2,20,21,22,24)/t14-/m0/s1. The van der Waals surface area contributed by atoms with Gasteiger partial charge in [-0.3, -0.25) is 9.59 Å². The molecule has 1 aromatic heterocycles. The van der Waals surface area contributed by atoms with E-state index in [9.17, 15) is 9.59 Å². The van der Waals surface area contributed by atoms with Crippen LogP contribution in [0.4, 0.5) is 5.82 Å². The Morgan fingerprint density at radius 1 is 1.19 bits per heavy atom. The van der Waals surface area contributed by atoms with Crippen molar-refractivity contribution in [1.82, 2.24) is 9.97 Å². The Labute approximate surface area is 155 Å². The van der Waals surface area contributed by atoms with Crippen molar-refractivity contribution >= 4 is 23.4 Å². The summed E-state index contributed by atoms with van der Waals surface area (Å²) in [6.07, 6.45) is 3.98. The van der Waals surface area contributed by atoms with Crippen molar-refractivity contribution in [3.63, 3.8) is 0 Å². The molecule has 1 atom stereocenters. The molecule has 2 heterocycles. The lowest BCUT2D eigenvalue weighted by atomic mass is 9.76. The number of rotatable bonds is 3. The third-order valence-electron chi connectivity index (χ3n) is 4.88. The zero-order valence-electron chi connectivity index (χ0n) is 14.6. The molecule has 2 aliphatic rings. The average molecular weight is 369 g/mol. The second-order valence-corrected chi connectivity index (χ2v) is 7.13. The lowest BCUT2D eigenvalue weighted by Gasteiger charge is -2.32. The molecule has 0 unspecified atom stereocenters. The highest BCUT2D eigenvalue weighted by molar-refractivity contribution is 7.98. The average Bonchev–Trinajstić information content (AvgIpc) is 2.66. The van der Waals surface area contributed by atoms with Gasteiger partial charge < -0.3 is 15.0 Å². The molecule has 0 saturated carbocycles. The minimum atomic E-state index is -0.410. The van der Waals surface area contributed by atoms with E-state index in [1.54, 1.807) is 7.11 Å². The first-order valence-corrected chi connectivity index (χ1v) is 9.70. The van der Waals surface area contributed by atoms with Gasteiger partial charge in [0.1, 0.15) is 11.6 Å². The highest BCUT2D eigenvalue weighted by Gasteiger charge is 2.37. The van der Waals surface area contributed by atoms with E-state index in [4.69, 9.17) is 4.74 Å². The number of nitrogens with one attached hydrogen (secondary N) is 2. The fourth-order valence-electron chi connectivity index (χ4n) is 3.67. The maximum absolute atomic E-state index is 12.8. The predicted octanol–water partition coefficient (Wildman–Crippen LogP) is 3.06. The van der Waals surface area contributed by atoms with Gasteiger partial charge >= 0.3 is 0 Å². The van der Waals surface area contributed by atoms with Crippen molar-refractivity contribution in [2.75, 3.05) is 18.7 Å². The van der Waals surface area contributed by atoms with Crippen LogP contribution >= 0.6 is 11.8 Å². The summed E-state index contributed by atoms with van der Waals surface area (Å²) in [5, 5.41) is 3.81. The van der Waals surface area contributed by atoms with Crippen LogP contribution in [0, 0.1) is 0 Å². The molecule has 7 heteroatoms. The summed E-state index contributed by atoms with van der Waals surface area (Å²) < 4.78 is 5.23. The number of benzene rings is 1. The van der Waals surface area contributed by atoms with Gasteiger partial charge in [0.05, 0.1) is 12.7 Å². The van der Waals surface area contributed by atoms with Gasteiger partial charge in [0.15, 0.2) is 10.9 Å². The number of allylic oxidation sites excluding steroid dienone is 2. The number of ketones is 1. The summed E-state index contributed by atoms with van der Waals surface area (Å²) in [5.74, 6) is 0.967. The molecule has 0 bridgehead atoms. The quantitative estimate of drug-likeness (QED) is 0.639. The monoisotopic (exact) mass is 369 g/mol. The van der Waals surface area contributed by atoms with Crippen molar-refractivity contribution in [2.24, 2.45) is 0 Å². The van der Waals surface area contributed by atoms with Crippen molar-refractivity contribution in [2.45, 2.75) is 30.3 Å². The first-order valence-electron chi connectivity index (χ1n) is 8.47. The molecule has 0 fully saturated rings. The second-order valence-electron chi connectivity index (χ2n) is 6.34. The summed E-state index contributed by atoms with van der Waals surface area (Å²) in [7, 11) is 1.61. The van der Waals surface area contributed by atoms with Crippen LogP contribution in [-0.2, 0) is 4.79 Å². The summed E-state index contributed by atoms with van der Waals surface area (Å²) in [6.45, 7) is 0. The van der Waals surface area contributed by atoms with Crippen molar-refractivity contribution < 1.29 is 9.53 Å². The minimum Gasteiger partial charge on any atom is -0.497 e. The van der Waals surface area contributed by atoms with E-state index in [0.717, 1.165) is 29.9 Å². The van der Waals surface area contributed by atoms with E-state index in [2.05, 4.69) is 15.3 Å². The molecule has 0 amide bonds. The molecular formula is C19H19N3O3S. The number of methoxy groups -OCH3 is 1. The SMILES string of the molecule is COc1ccc([C@H]2C3=C(CCCC3=O)Nc3nc(SC)[nH]c(=O)c32)cc1. The van der Waals surface area contributed by atoms with Crippen molar-refractivity contribution in [1.29, 1.82) is 0 Å². The van der Waals surface area contributed by atoms with Gasteiger partial charge in [0.2, 0.25) is 0 Å². The third kappa shape index (κ3) is 2.72. The van der Waals surface area contributed by atoms with Crippen molar-refractivity contribution in [3.05, 3.63) is 57.0 Å². The lowest BCUT2D eigenvalue weighted by molar-refractivity contribution is -0.116. The Balaban J connectivity index is 1.94. The minimum absolute atomic E-state index is 0.0959. The summed E-state index contributed by atoms with van der Waals surface area (Å²) in [4.78, 5) is 32.9. The maximum atomic E-state index is 12.8. The van der Waals surface area contributed by atoms with Gasteiger partial charge in [-0.15, -0.1) is 0 Å². The number of anilines is 1. The number of hydrogen-bond donors (Lipinski definition) is 2. The van der Waals surface area contributed by atoms with E-state index >= 15 is 0 Å². The molecule has 26 heavy (non-hydrogen) atoms. The summed E-state index contributed by atoms with van der Waals surface area (Å²) >= 11 is 1.38. The fourth-order valence-corrected chi connectivity index (χ4v) is 4.04. The molecule has 6 nitrogen and oxygen atoms in total. The Morgan fingerprint density at radius 2 is 1.96 bits per heavy atom. The zero-order chi connectivity index (χ0) is 18.3. The zero-order valence-corrected chi connectivity index (χ0v) is 15.4. The Morgan fingerprint density at radius 3 is 2.65 bits per heavy atom. The largest absolute Gasteiger partial charge is 0.497 e. The number of fused-ring (bicyclic) bond motifs is 1. The number of carbonyl (C=O) groups excluding carboxylic acids is 1. The number of carbonyl (C=O) groups is 1. The number of nitrogens with zero attached hydrogens (tertiary/aromatic N) is 1. The number of aromatic nitrogens is 2. The van der Waals surface area contributed by atoms with Gasteiger partial charge in [-0.25, -0.2) is 4.98 Å². The maximum Gasteiger partial charge on any atom is 0.257 e. The van der Waals surface area contributed by atoms with Gasteiger partial charge in [0.25, 0.3) is 5.56 Å². The third-order valence-corrected chi connectivity index (χ3v) is 5.46. The van der Waals surface area contributed by atoms with E-state index in [-0.39, 0.29) is 11.3 Å². The Bertz CT molecular complexity index is 963. The second kappa shape index (κ2) is 6.64. The predicted molar refractivity (Wildman–Crippen MR) is 101 cm³/mol. The highest BCUT2D eigenvalue weighted by atomic mass is 32.2. The van der Waals surface area contributed by atoms with E-state index < -0.39 is 5.92 Å². The number of ether oxygens (including phenoxy) is 1. The van der Waals surface area contributed by atoms with E-state index in [1.165, 1.54) is 11.8 Å². The van der Waals surface area contributed by atoms with Gasteiger partial charge in [-0.2, -0.15) is 0 Å². The molecule has 2 aromatic rings. The van der Waals surface area contributed by atoms with Crippen LogP contribution in [0.5, 0.6) is 5.75 Å². The molecule has 0 spiro atoms. The van der Waals surface area contributed by atoms with Gasteiger partial charge in [0, 0.05) is 23.6 Å². The molecular weight excluding hydrogens is 350 g/mol. The van der Waals surface area contributed by atoms with Crippen LogP contribution in [0.25, 0.3) is 0 Å². The molecule has 134 valence electrons. The highest BCUT2D eigenvalue weighted by Crippen LogP contribution is 2.43. The Hall–Kier alpha value is -2.54. The van der Waals surface area contributed by atoms with Crippen molar-refractivity contribution in [3.8, 4) is 5.75 Å². The number of H-pyrrole nitrogens is 1. The Kier molecular flexibility index (Phi) is 4.32. The number of hydrogen-bond acceptors (Lipinski definition) is 6. The topological polar surface area (TPSA) is 84.1 Å². The first-order chi connectivity index (χ1) is 12.6. The number of aromatic amines is 1. The molecule has 2 N–H and O–H groups in total. The first kappa shape index (κ1) is 16.9. The summed E-state index contributed by atoms with van der Waals surface area (Å²) in [5.41, 5.74) is 2.76. The van der Waals surface area contributed by atoms with E-state index in [0.29, 0.717) is 28.5 Å². The number of thioether (sulfide) groups is 1. The molecule has 0 radical (unpaired) electrons. The van der Waals surface area contributed by atoms with Gasteiger partial charge in [-0.05, 0) is 36.8 Å². The van der Waals surface area contributed by atoms with E-state index in [1.807, 2.05) is 30.5 Å². The molecule has 1 aromatic carbocycles. The van der Waals surface area contributed by atoms with Crippen LogP contribution in [0.2, 0.25) is 0 Å². The smallest absolute Gasteiger partial charge is 0.257 e. The van der Waals surface area contributed by atoms with Gasteiger partial charge in [-0.1, -0.05) is 23.9 Å². The van der Waals surface area contributed by atoms with Crippen LogP contribution in [0.3, 0.4) is 0 Å². The lowest BCUT2D eigenvalue weighted by Crippen LogP contribution is -2.32. The molecule has 1 aliphatic carbocycles. The van der Waals surface area contributed by atoms with Crippen LogP contribution in [-0.4, -0.2) is 29.1 Å². The fraction of sp³-hybridized carbons (Fsp3) is 0.316. The van der Waals surface area contributed by atoms with Crippen LogP contribution < -0.4 is 15.6 Å². The van der Waals surface area contributed by atoms with Crippen LogP contribution in [0.15, 0.2) is 45.5 Å². The number of Topliss-reactive ketones (excluding diaryl/α,β-unsaturated/α-hetero) is 1. The normalized spacial score (nSPS) is 18.8. The molecule has 4 rings (SSSR count). The molecule has 1 aliphatic heterocycles. The summed E-state index contributed by atoms with van der Waals surface area (Å²) in [6, 6.07) is 7.52. The molecule has 0 saturated heterocycles. The van der Waals surface area contributed by atoms with Crippen LogP contribution in [0.1, 0.15) is 36.3 Å².